The Balaban J connectivity index is 1.53. The van der Waals surface area contributed by atoms with Gasteiger partial charge >= 0.3 is 19.7 Å². The van der Waals surface area contributed by atoms with E-state index in [1.807, 2.05) is 23.9 Å². The molecule has 0 spiro atoms. The Labute approximate surface area is 225 Å². The number of fused-ring (bicyclic) bond motifs is 1. The smallest absolute Gasteiger partial charge is 0.459 e. The first-order valence-electron chi connectivity index (χ1n) is 12.5. The van der Waals surface area contributed by atoms with Crippen molar-refractivity contribution in [2.45, 2.75) is 70.5 Å². The van der Waals surface area contributed by atoms with Gasteiger partial charge in [0.2, 0.25) is 0 Å². The number of halogens is 1. The van der Waals surface area contributed by atoms with E-state index in [1.165, 1.54) is 26.1 Å². The number of nitrogens with zero attached hydrogens (tertiary/aromatic N) is 2. The van der Waals surface area contributed by atoms with Crippen LogP contribution in [0.5, 0.6) is 5.75 Å². The number of nitrogens with one attached hydrogen (secondary N) is 2. The monoisotopic (exact) mass is 568 g/mol. The highest BCUT2D eigenvalue weighted by atomic mass is 31.2. The summed E-state index contributed by atoms with van der Waals surface area (Å²) in [6.45, 7) is 5.74. The summed E-state index contributed by atoms with van der Waals surface area (Å²) < 4.78 is 53.9. The van der Waals surface area contributed by atoms with Crippen molar-refractivity contribution in [3.05, 3.63) is 42.7 Å². The maximum absolute atomic E-state index is 15.5. The van der Waals surface area contributed by atoms with E-state index in [1.54, 1.807) is 32.0 Å². The summed E-state index contributed by atoms with van der Waals surface area (Å²) in [6, 6.07) is 5.20. The molecule has 2 amide bonds. The summed E-state index contributed by atoms with van der Waals surface area (Å²) >= 11 is 0. The average molecular weight is 569 g/mol. The molecule has 6 atom stereocenters. The van der Waals surface area contributed by atoms with Crippen molar-refractivity contribution in [2.75, 3.05) is 6.61 Å². The van der Waals surface area contributed by atoms with E-state index in [2.05, 4.69) is 10.4 Å². The van der Waals surface area contributed by atoms with Crippen molar-refractivity contribution in [2.24, 2.45) is 7.05 Å². The molecule has 3 heterocycles. The van der Waals surface area contributed by atoms with Crippen molar-refractivity contribution in [1.29, 1.82) is 0 Å². The Morgan fingerprint density at radius 1 is 1.36 bits per heavy atom. The minimum Gasteiger partial charge on any atom is -0.462 e. The number of hydrogen-bond acceptors (Lipinski definition) is 8. The quantitative estimate of drug-likeness (QED) is 0.291. The summed E-state index contributed by atoms with van der Waals surface area (Å²) in [4.78, 5) is 25.7. The van der Waals surface area contributed by atoms with Gasteiger partial charge in [-0.3, -0.25) is 14.2 Å². The fraction of sp³-hybridized carbons (Fsp3) is 0.520. The van der Waals surface area contributed by atoms with Gasteiger partial charge < -0.3 is 29.0 Å². The van der Waals surface area contributed by atoms with E-state index < -0.39 is 56.1 Å². The molecule has 39 heavy (non-hydrogen) atoms. The van der Waals surface area contributed by atoms with Gasteiger partial charge in [-0.2, -0.15) is 5.09 Å². The Morgan fingerprint density at radius 3 is 2.79 bits per heavy atom. The third-order valence-electron chi connectivity index (χ3n) is 6.24. The number of carbonyl (C=O) groups excluding carboxylic acids is 2. The Morgan fingerprint density at radius 2 is 2.10 bits per heavy atom. The Kier molecular flexibility index (Phi) is 8.38. The molecule has 1 saturated heterocycles. The number of rotatable bonds is 10. The van der Waals surface area contributed by atoms with Crippen LogP contribution in [0.15, 0.2) is 42.7 Å². The lowest BCUT2D eigenvalue weighted by molar-refractivity contribution is -0.149. The Hall–Kier alpha value is -2.96. The maximum Gasteiger partial charge on any atom is 0.459 e. The molecular weight excluding hydrogens is 534 g/mol. The number of aliphatic hydroxyl groups is 1. The normalized spacial score (nSPS) is 27.4. The number of carbonyl (C=O) groups is 2. The number of amides is 2. The lowest BCUT2D eigenvalue weighted by atomic mass is 10.0. The van der Waals surface area contributed by atoms with Crippen LogP contribution in [0.3, 0.4) is 0 Å². The number of ether oxygens (including phenoxy) is 2. The predicted octanol–water partition coefficient (Wildman–Crippen LogP) is 3.31. The topological polar surface area (TPSA) is 141 Å². The zero-order valence-corrected chi connectivity index (χ0v) is 23.3. The molecule has 12 nitrogen and oxygen atoms in total. The molecule has 0 saturated carbocycles. The maximum atomic E-state index is 15.5. The van der Waals surface area contributed by atoms with Gasteiger partial charge in [0.1, 0.15) is 18.0 Å². The number of benzene rings is 1. The highest BCUT2D eigenvalue weighted by Gasteiger charge is 2.51. The summed E-state index contributed by atoms with van der Waals surface area (Å²) in [5.41, 5.74) is -1.17. The summed E-state index contributed by atoms with van der Waals surface area (Å²) in [5, 5.41) is 15.1. The highest BCUT2D eigenvalue weighted by Crippen LogP contribution is 2.48. The van der Waals surface area contributed by atoms with Gasteiger partial charge in [0, 0.05) is 31.3 Å². The van der Waals surface area contributed by atoms with Crippen LogP contribution in [-0.2, 0) is 30.4 Å². The summed E-state index contributed by atoms with van der Waals surface area (Å²) in [6.07, 6.45) is 0.339. The molecule has 2 aromatic rings. The lowest BCUT2D eigenvalue weighted by Crippen LogP contribution is -2.54. The zero-order chi connectivity index (χ0) is 28.5. The van der Waals surface area contributed by atoms with Crippen LogP contribution in [0.1, 0.15) is 34.1 Å². The van der Waals surface area contributed by atoms with Gasteiger partial charge in [0.15, 0.2) is 11.9 Å². The van der Waals surface area contributed by atoms with E-state index in [-0.39, 0.29) is 18.8 Å². The molecule has 14 heteroatoms. The van der Waals surface area contributed by atoms with Crippen molar-refractivity contribution in [3.8, 4) is 5.75 Å². The van der Waals surface area contributed by atoms with Crippen LogP contribution in [0.4, 0.5) is 9.18 Å². The van der Waals surface area contributed by atoms with E-state index in [9.17, 15) is 19.3 Å². The van der Waals surface area contributed by atoms with Crippen LogP contribution in [-0.4, -0.2) is 69.6 Å². The minimum atomic E-state index is -4.26. The number of aliphatic hydroxyl groups excluding tert-OH is 1. The van der Waals surface area contributed by atoms with Gasteiger partial charge in [0.25, 0.3) is 0 Å². The second-order valence-corrected chi connectivity index (χ2v) is 11.8. The van der Waals surface area contributed by atoms with Crippen molar-refractivity contribution in [3.63, 3.8) is 0 Å². The molecule has 1 aromatic heterocycles. The minimum absolute atomic E-state index is 0.183. The number of aryl methyl sites for hydroxylation is 1. The number of hydrogen-bond donors (Lipinski definition) is 3. The number of alkyl halides is 1. The summed E-state index contributed by atoms with van der Waals surface area (Å²) in [5.74, 6) is -0.406. The van der Waals surface area contributed by atoms with Gasteiger partial charge in [-0.25, -0.2) is 13.8 Å². The molecule has 0 aliphatic carbocycles. The second-order valence-electron chi connectivity index (χ2n) is 10.1. The van der Waals surface area contributed by atoms with Gasteiger partial charge in [-0.1, -0.05) is 6.07 Å². The molecule has 2 aliphatic rings. The fourth-order valence-electron chi connectivity index (χ4n) is 4.43. The number of aromatic nitrogens is 1. The Bertz CT molecular complexity index is 1300. The molecule has 1 fully saturated rings. The molecule has 1 aromatic carbocycles. The molecule has 2 unspecified atom stereocenters. The largest absolute Gasteiger partial charge is 0.462 e. The molecule has 0 bridgehead atoms. The van der Waals surface area contributed by atoms with Crippen LogP contribution < -0.4 is 14.9 Å². The van der Waals surface area contributed by atoms with Crippen molar-refractivity contribution < 1.29 is 42.2 Å². The molecule has 214 valence electrons. The van der Waals surface area contributed by atoms with E-state index in [4.69, 9.17) is 18.5 Å². The third kappa shape index (κ3) is 6.62. The molecule has 4 rings (SSSR count). The average Bonchev–Trinajstić information content (AvgIpc) is 3.37. The van der Waals surface area contributed by atoms with E-state index in [0.717, 1.165) is 10.4 Å². The first kappa shape index (κ1) is 29.0. The first-order chi connectivity index (χ1) is 18.3. The number of esters is 1. The highest BCUT2D eigenvalue weighted by molar-refractivity contribution is 7.52. The summed E-state index contributed by atoms with van der Waals surface area (Å²) in [7, 11) is -2.41. The van der Waals surface area contributed by atoms with Crippen LogP contribution >= 0.6 is 7.75 Å². The SMILES string of the molecule is CC(C)OC(=O)[C@H](C)NP(=O)(OC[C@@H]1C[C@@](C)(F)[C@H](N2C=CC(O)NC2=O)O1)Oc1cccc2c1ccn2C. The fourth-order valence-corrected chi connectivity index (χ4v) is 5.97. The zero-order valence-electron chi connectivity index (χ0n) is 22.4. The van der Waals surface area contributed by atoms with Gasteiger partial charge in [0.05, 0.1) is 24.3 Å². The molecule has 2 aliphatic heterocycles. The van der Waals surface area contributed by atoms with Crippen LogP contribution in [0.2, 0.25) is 0 Å². The van der Waals surface area contributed by atoms with Crippen LogP contribution in [0.25, 0.3) is 10.9 Å². The molecular formula is C25H34FN4O8P. The van der Waals surface area contributed by atoms with Gasteiger partial charge in [-0.05, 0) is 52.0 Å². The van der Waals surface area contributed by atoms with Crippen molar-refractivity contribution >= 4 is 30.6 Å². The lowest BCUT2D eigenvalue weighted by Gasteiger charge is -2.34. The third-order valence-corrected chi connectivity index (χ3v) is 7.87. The second kappa shape index (κ2) is 11.3. The van der Waals surface area contributed by atoms with E-state index >= 15 is 4.39 Å². The standard InChI is InChI=1S/C25H34FN4O8P/c1-15(2)36-22(32)16(3)28-39(34,38-20-8-6-7-19-18(20)9-11-29(19)5)35-14-17-13-25(4,26)23(37-17)30-12-10-21(31)27-24(30)33/h6-12,15-17,21,23,31H,13-14H2,1-5H3,(H,27,33)(H,28,34)/t16-,17-,21?,23+,25+,39?/m0/s1. The van der Waals surface area contributed by atoms with Crippen LogP contribution in [0, 0.1) is 0 Å². The van der Waals surface area contributed by atoms with E-state index in [0.29, 0.717) is 5.39 Å². The predicted molar refractivity (Wildman–Crippen MR) is 139 cm³/mol. The molecule has 0 radical (unpaired) electrons. The molecule has 3 N–H and O–H groups in total. The van der Waals surface area contributed by atoms with Crippen molar-refractivity contribution in [1.82, 2.24) is 19.9 Å². The first-order valence-corrected chi connectivity index (χ1v) is 14.1. The van der Waals surface area contributed by atoms with Gasteiger partial charge in [-0.15, -0.1) is 0 Å². The number of urea groups is 1.